The fourth-order valence-corrected chi connectivity index (χ4v) is 2.63. The molecule has 1 N–H and O–H groups in total. The van der Waals surface area contributed by atoms with Gasteiger partial charge in [0.15, 0.2) is 11.5 Å². The number of benzene rings is 2. The Morgan fingerprint density at radius 1 is 1.19 bits per heavy atom. The highest BCUT2D eigenvalue weighted by molar-refractivity contribution is 5.91. The van der Waals surface area contributed by atoms with Crippen LogP contribution in [0.2, 0.25) is 0 Å². The third-order valence-electron chi connectivity index (χ3n) is 3.80. The van der Waals surface area contributed by atoms with E-state index in [1.807, 2.05) is 24.3 Å². The van der Waals surface area contributed by atoms with E-state index in [0.717, 1.165) is 11.0 Å². The van der Waals surface area contributed by atoms with E-state index in [-0.39, 0.29) is 5.75 Å². The van der Waals surface area contributed by atoms with Gasteiger partial charge in [-0.1, -0.05) is 12.1 Å². The van der Waals surface area contributed by atoms with Gasteiger partial charge in [-0.25, -0.2) is 4.98 Å². The van der Waals surface area contributed by atoms with Crippen LogP contribution in [0.4, 0.5) is 0 Å². The van der Waals surface area contributed by atoms with Crippen LogP contribution in [0.15, 0.2) is 36.4 Å². The van der Waals surface area contributed by atoms with Crippen LogP contribution in [0.1, 0.15) is 18.3 Å². The number of aromatic nitrogens is 2. The Hall–Kier alpha value is -3.79. The van der Waals surface area contributed by atoms with Crippen molar-refractivity contribution in [2.75, 3.05) is 14.2 Å². The topological polar surface area (TPSA) is 97.2 Å². The Morgan fingerprint density at radius 3 is 2.41 bits per heavy atom. The Balaban J connectivity index is 2.08. The summed E-state index contributed by atoms with van der Waals surface area (Å²) in [6, 6.07) is 13.0. The first-order valence-electron chi connectivity index (χ1n) is 8.07. The van der Waals surface area contributed by atoms with Gasteiger partial charge in [-0.15, -0.1) is 0 Å². The molecule has 0 aliphatic carbocycles. The van der Waals surface area contributed by atoms with Gasteiger partial charge in [0, 0.05) is 6.92 Å². The number of fused-ring (bicyclic) bond motifs is 1. The van der Waals surface area contributed by atoms with Crippen molar-refractivity contribution in [1.29, 1.82) is 5.26 Å². The molecule has 7 heteroatoms. The van der Waals surface area contributed by atoms with Crippen LogP contribution < -0.4 is 14.2 Å². The lowest BCUT2D eigenvalue weighted by atomic mass is 10.1. The van der Waals surface area contributed by atoms with Crippen molar-refractivity contribution in [2.45, 2.75) is 6.92 Å². The number of carbonyl (C=O) groups excluding carboxylic acids is 1. The third-order valence-corrected chi connectivity index (χ3v) is 3.80. The highest BCUT2D eigenvalue weighted by Crippen LogP contribution is 2.39. The van der Waals surface area contributed by atoms with Crippen LogP contribution in [0, 0.1) is 11.3 Å². The summed E-state index contributed by atoms with van der Waals surface area (Å²) in [5.74, 6) is 0.790. The number of nitriles is 1. The molecule has 1 aromatic heterocycles. The molecule has 0 saturated heterocycles. The molecular weight excluding hydrogens is 346 g/mol. The standard InChI is InChI=1S/C20H17N3O4/c1-12(24)27-19-17(25-2)9-13(10-18(19)26-3)8-14(11-21)20-22-15-6-4-5-7-16(15)23-20/h4-10H,1-3H3,(H,22,23)/b14-8-. The van der Waals surface area contributed by atoms with Crippen molar-refractivity contribution in [3.8, 4) is 23.3 Å². The number of hydrogen-bond donors (Lipinski definition) is 1. The number of methoxy groups -OCH3 is 2. The molecule has 0 saturated carbocycles. The summed E-state index contributed by atoms with van der Waals surface area (Å²) < 4.78 is 15.8. The number of rotatable bonds is 5. The van der Waals surface area contributed by atoms with E-state index in [2.05, 4.69) is 16.0 Å². The van der Waals surface area contributed by atoms with E-state index in [0.29, 0.717) is 28.5 Å². The Bertz CT molecular complexity index is 1020. The normalized spacial score (nSPS) is 11.1. The number of imidazole rings is 1. The number of allylic oxidation sites excluding steroid dienone is 1. The highest BCUT2D eigenvalue weighted by Gasteiger charge is 2.16. The van der Waals surface area contributed by atoms with Crippen molar-refractivity contribution < 1.29 is 19.0 Å². The summed E-state index contributed by atoms with van der Waals surface area (Å²) >= 11 is 0. The maximum atomic E-state index is 11.3. The predicted octanol–water partition coefficient (Wildman–Crippen LogP) is 3.57. The van der Waals surface area contributed by atoms with E-state index in [4.69, 9.17) is 14.2 Å². The molecule has 0 atom stereocenters. The minimum absolute atomic E-state index is 0.187. The van der Waals surface area contributed by atoms with E-state index < -0.39 is 5.97 Å². The molecule has 27 heavy (non-hydrogen) atoms. The molecule has 0 radical (unpaired) electrons. The van der Waals surface area contributed by atoms with Gasteiger partial charge in [0.05, 0.1) is 30.8 Å². The Morgan fingerprint density at radius 2 is 1.85 bits per heavy atom. The first kappa shape index (κ1) is 18.0. The van der Waals surface area contributed by atoms with Gasteiger partial charge in [-0.05, 0) is 35.9 Å². The second kappa shape index (κ2) is 7.62. The van der Waals surface area contributed by atoms with Crippen LogP contribution in [0.25, 0.3) is 22.7 Å². The van der Waals surface area contributed by atoms with Crippen molar-refractivity contribution in [1.82, 2.24) is 9.97 Å². The lowest BCUT2D eigenvalue weighted by Gasteiger charge is -2.13. The number of para-hydroxylation sites is 2. The van der Waals surface area contributed by atoms with E-state index in [9.17, 15) is 10.1 Å². The summed E-state index contributed by atoms with van der Waals surface area (Å²) in [6.45, 7) is 1.29. The van der Waals surface area contributed by atoms with Crippen LogP contribution in [-0.4, -0.2) is 30.2 Å². The van der Waals surface area contributed by atoms with Gasteiger partial charge in [0.2, 0.25) is 5.75 Å². The minimum atomic E-state index is -0.491. The molecule has 0 aliphatic rings. The molecule has 7 nitrogen and oxygen atoms in total. The van der Waals surface area contributed by atoms with Crippen molar-refractivity contribution >= 4 is 28.7 Å². The van der Waals surface area contributed by atoms with Crippen LogP contribution in [0.5, 0.6) is 17.2 Å². The molecule has 136 valence electrons. The van der Waals surface area contributed by atoms with Gasteiger partial charge in [-0.3, -0.25) is 4.79 Å². The number of nitrogens with zero attached hydrogens (tertiary/aromatic N) is 2. The lowest BCUT2D eigenvalue weighted by molar-refractivity contribution is -0.132. The third kappa shape index (κ3) is 3.75. The quantitative estimate of drug-likeness (QED) is 0.423. The molecule has 3 rings (SSSR count). The van der Waals surface area contributed by atoms with E-state index in [1.165, 1.54) is 21.1 Å². The average Bonchev–Trinajstić information content (AvgIpc) is 3.10. The molecule has 0 aliphatic heterocycles. The van der Waals surface area contributed by atoms with Crippen LogP contribution in [-0.2, 0) is 4.79 Å². The second-order valence-corrected chi connectivity index (χ2v) is 5.62. The van der Waals surface area contributed by atoms with E-state index in [1.54, 1.807) is 18.2 Å². The summed E-state index contributed by atoms with van der Waals surface area (Å²) in [4.78, 5) is 18.9. The molecule has 0 unspecified atom stereocenters. The van der Waals surface area contributed by atoms with Crippen LogP contribution in [0.3, 0.4) is 0 Å². The fourth-order valence-electron chi connectivity index (χ4n) is 2.63. The number of hydrogen-bond acceptors (Lipinski definition) is 6. The summed E-state index contributed by atoms with van der Waals surface area (Å²) in [7, 11) is 2.92. The minimum Gasteiger partial charge on any atom is -0.493 e. The molecule has 0 bridgehead atoms. The zero-order valence-electron chi connectivity index (χ0n) is 15.1. The van der Waals surface area contributed by atoms with Crippen molar-refractivity contribution in [2.24, 2.45) is 0 Å². The van der Waals surface area contributed by atoms with Gasteiger partial charge in [0.1, 0.15) is 11.9 Å². The monoisotopic (exact) mass is 363 g/mol. The van der Waals surface area contributed by atoms with Gasteiger partial charge in [0.25, 0.3) is 0 Å². The maximum Gasteiger partial charge on any atom is 0.308 e. The first-order valence-corrected chi connectivity index (χ1v) is 8.07. The average molecular weight is 363 g/mol. The molecule has 1 heterocycles. The SMILES string of the molecule is COc1cc(/C=C(/C#N)c2nc3ccccc3[nH]2)cc(OC)c1OC(C)=O. The smallest absolute Gasteiger partial charge is 0.308 e. The number of nitrogens with one attached hydrogen (secondary N) is 1. The second-order valence-electron chi connectivity index (χ2n) is 5.62. The Kier molecular flexibility index (Phi) is 5.08. The molecular formula is C20H17N3O4. The summed E-state index contributed by atoms with van der Waals surface area (Å²) in [6.07, 6.45) is 1.65. The molecule has 3 aromatic rings. The number of ether oxygens (including phenoxy) is 3. The molecule has 0 spiro atoms. The largest absolute Gasteiger partial charge is 0.493 e. The van der Waals surface area contributed by atoms with Gasteiger partial charge < -0.3 is 19.2 Å². The van der Waals surface area contributed by atoms with Gasteiger partial charge >= 0.3 is 5.97 Å². The molecule has 2 aromatic carbocycles. The van der Waals surface area contributed by atoms with Crippen molar-refractivity contribution in [3.05, 3.63) is 47.8 Å². The summed E-state index contributed by atoms with van der Waals surface area (Å²) in [5.41, 5.74) is 2.59. The zero-order chi connectivity index (χ0) is 19.4. The fraction of sp³-hybridized carbons (Fsp3) is 0.150. The number of esters is 1. The highest BCUT2D eigenvalue weighted by atomic mass is 16.6. The lowest BCUT2D eigenvalue weighted by Crippen LogP contribution is -2.05. The maximum absolute atomic E-state index is 11.3. The Labute approximate surface area is 155 Å². The van der Waals surface area contributed by atoms with E-state index >= 15 is 0 Å². The first-order chi connectivity index (χ1) is 13.0. The van der Waals surface area contributed by atoms with Gasteiger partial charge in [-0.2, -0.15) is 5.26 Å². The summed E-state index contributed by atoms with van der Waals surface area (Å²) in [5, 5.41) is 9.58. The number of aromatic amines is 1. The predicted molar refractivity (Wildman–Crippen MR) is 100 cm³/mol. The number of H-pyrrole nitrogens is 1. The number of carbonyl (C=O) groups is 1. The van der Waals surface area contributed by atoms with Crippen LogP contribution >= 0.6 is 0 Å². The molecule has 0 fully saturated rings. The zero-order valence-corrected chi connectivity index (χ0v) is 15.1. The van der Waals surface area contributed by atoms with Crippen molar-refractivity contribution in [3.63, 3.8) is 0 Å². The molecule has 0 amide bonds.